The predicted molar refractivity (Wildman–Crippen MR) is 90.7 cm³/mol. The SMILES string of the molecule is N#C[C@H](Nc1ccc2c(c1)CNC2)c1cccc2ncccc12. The van der Waals surface area contributed by atoms with Gasteiger partial charge in [-0.1, -0.05) is 24.3 Å². The molecule has 0 unspecified atom stereocenters. The van der Waals surface area contributed by atoms with Crippen LogP contribution in [0.5, 0.6) is 0 Å². The Morgan fingerprint density at radius 1 is 1.09 bits per heavy atom. The Kier molecular flexibility index (Phi) is 3.41. The Morgan fingerprint density at radius 3 is 2.91 bits per heavy atom. The van der Waals surface area contributed by atoms with Crippen molar-refractivity contribution in [2.24, 2.45) is 0 Å². The van der Waals surface area contributed by atoms with Crippen molar-refractivity contribution in [3.8, 4) is 6.07 Å². The molecule has 4 heteroatoms. The average Bonchev–Trinajstić information content (AvgIpc) is 3.07. The van der Waals surface area contributed by atoms with Crippen LogP contribution in [0.4, 0.5) is 5.69 Å². The highest BCUT2D eigenvalue weighted by molar-refractivity contribution is 5.83. The Labute approximate surface area is 134 Å². The number of fused-ring (bicyclic) bond motifs is 2. The maximum absolute atomic E-state index is 9.65. The van der Waals surface area contributed by atoms with Gasteiger partial charge in [-0.2, -0.15) is 5.26 Å². The highest BCUT2D eigenvalue weighted by Crippen LogP contribution is 2.27. The standard InChI is InChI=1S/C19H16N4/c20-10-19(17-3-1-5-18-16(17)4-2-8-22-18)23-15-7-6-13-11-21-12-14(13)9-15/h1-9,19,21,23H,11-12H2/t19-/m0/s1. The number of hydrogen-bond donors (Lipinski definition) is 2. The van der Waals surface area contributed by atoms with Crippen LogP contribution >= 0.6 is 0 Å². The van der Waals surface area contributed by atoms with Gasteiger partial charge in [0, 0.05) is 30.4 Å². The summed E-state index contributed by atoms with van der Waals surface area (Å²) in [5, 5.41) is 17.3. The Balaban J connectivity index is 1.70. The van der Waals surface area contributed by atoms with Gasteiger partial charge in [-0.15, -0.1) is 0 Å². The van der Waals surface area contributed by atoms with Crippen LogP contribution in [-0.2, 0) is 13.1 Å². The second-order valence-corrected chi connectivity index (χ2v) is 5.71. The molecule has 112 valence electrons. The molecule has 0 aliphatic carbocycles. The van der Waals surface area contributed by atoms with Gasteiger partial charge in [0.15, 0.2) is 0 Å². The molecule has 0 amide bonds. The maximum atomic E-state index is 9.65. The molecule has 0 fully saturated rings. The van der Waals surface area contributed by atoms with E-state index in [0.717, 1.165) is 35.2 Å². The van der Waals surface area contributed by atoms with Gasteiger partial charge in [-0.25, -0.2) is 0 Å². The van der Waals surface area contributed by atoms with Gasteiger partial charge < -0.3 is 10.6 Å². The smallest absolute Gasteiger partial charge is 0.140 e. The van der Waals surface area contributed by atoms with Crippen LogP contribution in [-0.4, -0.2) is 4.98 Å². The van der Waals surface area contributed by atoms with Crippen LogP contribution in [0.25, 0.3) is 10.9 Å². The van der Waals surface area contributed by atoms with E-state index in [-0.39, 0.29) is 0 Å². The summed E-state index contributed by atoms with van der Waals surface area (Å²) in [7, 11) is 0. The lowest BCUT2D eigenvalue weighted by Gasteiger charge is -2.16. The molecular weight excluding hydrogens is 284 g/mol. The van der Waals surface area contributed by atoms with Crippen LogP contribution in [0.2, 0.25) is 0 Å². The van der Waals surface area contributed by atoms with Crippen LogP contribution < -0.4 is 10.6 Å². The molecular formula is C19H16N4. The third kappa shape index (κ3) is 2.52. The van der Waals surface area contributed by atoms with Crippen molar-refractivity contribution in [1.29, 1.82) is 5.26 Å². The topological polar surface area (TPSA) is 60.7 Å². The van der Waals surface area contributed by atoms with E-state index in [9.17, 15) is 5.26 Å². The molecule has 3 aromatic rings. The first-order valence-corrected chi connectivity index (χ1v) is 7.67. The first kappa shape index (κ1) is 13.7. The number of nitrogens with zero attached hydrogens (tertiary/aromatic N) is 2. The summed E-state index contributed by atoms with van der Waals surface area (Å²) >= 11 is 0. The summed E-state index contributed by atoms with van der Waals surface area (Å²) in [6.45, 7) is 1.81. The van der Waals surface area contributed by atoms with Crippen molar-refractivity contribution >= 4 is 16.6 Å². The molecule has 2 heterocycles. The van der Waals surface area contributed by atoms with E-state index in [1.807, 2.05) is 36.4 Å². The lowest BCUT2D eigenvalue weighted by atomic mass is 10.0. The van der Waals surface area contributed by atoms with E-state index in [0.29, 0.717) is 0 Å². The largest absolute Gasteiger partial charge is 0.366 e. The van der Waals surface area contributed by atoms with Crippen molar-refractivity contribution in [3.05, 3.63) is 71.4 Å². The van der Waals surface area contributed by atoms with Crippen LogP contribution in [0, 0.1) is 11.3 Å². The first-order valence-electron chi connectivity index (χ1n) is 7.67. The number of nitriles is 1. The molecule has 4 nitrogen and oxygen atoms in total. The maximum Gasteiger partial charge on any atom is 0.140 e. The average molecular weight is 300 g/mol. The van der Waals surface area contributed by atoms with Crippen molar-refractivity contribution in [3.63, 3.8) is 0 Å². The van der Waals surface area contributed by atoms with E-state index in [1.54, 1.807) is 6.20 Å². The number of anilines is 1. The zero-order chi connectivity index (χ0) is 15.6. The van der Waals surface area contributed by atoms with Gasteiger partial charge >= 0.3 is 0 Å². The van der Waals surface area contributed by atoms with Crippen molar-refractivity contribution in [1.82, 2.24) is 10.3 Å². The van der Waals surface area contributed by atoms with E-state index in [1.165, 1.54) is 11.1 Å². The Hall–Kier alpha value is -2.90. The summed E-state index contributed by atoms with van der Waals surface area (Å²) in [5.41, 5.74) is 5.46. The third-order valence-corrected chi connectivity index (χ3v) is 4.27. The fraction of sp³-hybridized carbons (Fsp3) is 0.158. The fourth-order valence-electron chi connectivity index (χ4n) is 3.11. The molecule has 0 bridgehead atoms. The normalized spacial score (nSPS) is 14.2. The van der Waals surface area contributed by atoms with Crippen molar-refractivity contribution in [2.75, 3.05) is 5.32 Å². The van der Waals surface area contributed by atoms with Gasteiger partial charge in [-0.3, -0.25) is 4.98 Å². The zero-order valence-electron chi connectivity index (χ0n) is 12.6. The van der Waals surface area contributed by atoms with E-state index in [2.05, 4.69) is 33.8 Å². The minimum Gasteiger partial charge on any atom is -0.366 e. The number of pyridine rings is 1. The quantitative estimate of drug-likeness (QED) is 0.777. The van der Waals surface area contributed by atoms with E-state index >= 15 is 0 Å². The molecule has 1 aromatic heterocycles. The van der Waals surface area contributed by atoms with Crippen LogP contribution in [0.15, 0.2) is 54.7 Å². The second-order valence-electron chi connectivity index (χ2n) is 5.71. The molecule has 2 aromatic carbocycles. The number of nitrogens with one attached hydrogen (secondary N) is 2. The summed E-state index contributed by atoms with van der Waals surface area (Å²) in [6, 6.07) is 18.1. The molecule has 23 heavy (non-hydrogen) atoms. The first-order chi connectivity index (χ1) is 11.3. The van der Waals surface area contributed by atoms with Gasteiger partial charge in [-0.05, 0) is 41.0 Å². The highest BCUT2D eigenvalue weighted by Gasteiger charge is 2.15. The lowest BCUT2D eigenvalue weighted by Crippen LogP contribution is -2.09. The Bertz CT molecular complexity index is 905. The molecule has 0 radical (unpaired) electrons. The fourth-order valence-corrected chi connectivity index (χ4v) is 3.11. The second kappa shape index (κ2) is 5.71. The highest BCUT2D eigenvalue weighted by atomic mass is 14.9. The predicted octanol–water partition coefficient (Wildman–Crippen LogP) is 3.51. The number of rotatable bonds is 3. The number of benzene rings is 2. The number of hydrogen-bond acceptors (Lipinski definition) is 4. The summed E-state index contributed by atoms with van der Waals surface area (Å²) in [6.07, 6.45) is 1.77. The minimum atomic E-state index is -0.407. The molecule has 0 spiro atoms. The zero-order valence-corrected chi connectivity index (χ0v) is 12.6. The van der Waals surface area contributed by atoms with E-state index < -0.39 is 6.04 Å². The van der Waals surface area contributed by atoms with Gasteiger partial charge in [0.25, 0.3) is 0 Å². The summed E-state index contributed by atoms with van der Waals surface area (Å²) < 4.78 is 0. The van der Waals surface area contributed by atoms with Crippen LogP contribution in [0.1, 0.15) is 22.7 Å². The monoisotopic (exact) mass is 300 g/mol. The van der Waals surface area contributed by atoms with Gasteiger partial charge in [0.1, 0.15) is 6.04 Å². The van der Waals surface area contributed by atoms with Crippen LogP contribution in [0.3, 0.4) is 0 Å². The molecule has 0 saturated carbocycles. The molecule has 1 aliphatic rings. The summed E-state index contributed by atoms with van der Waals surface area (Å²) in [4.78, 5) is 4.37. The lowest BCUT2D eigenvalue weighted by molar-refractivity contribution is 0.765. The van der Waals surface area contributed by atoms with Crippen molar-refractivity contribution in [2.45, 2.75) is 19.1 Å². The molecule has 0 saturated heterocycles. The Morgan fingerprint density at radius 2 is 2.00 bits per heavy atom. The molecule has 4 rings (SSSR count). The number of aromatic nitrogens is 1. The van der Waals surface area contributed by atoms with Crippen molar-refractivity contribution < 1.29 is 0 Å². The summed E-state index contributed by atoms with van der Waals surface area (Å²) in [5.74, 6) is 0. The molecule has 2 N–H and O–H groups in total. The third-order valence-electron chi connectivity index (χ3n) is 4.27. The minimum absolute atomic E-state index is 0.407. The van der Waals surface area contributed by atoms with Gasteiger partial charge in [0.05, 0.1) is 11.6 Å². The van der Waals surface area contributed by atoms with E-state index in [4.69, 9.17) is 0 Å². The van der Waals surface area contributed by atoms with Gasteiger partial charge in [0.2, 0.25) is 0 Å². The molecule has 1 atom stereocenters. The molecule has 1 aliphatic heterocycles.